The van der Waals surface area contributed by atoms with Gasteiger partial charge in [0.05, 0.1) is 10.0 Å². The summed E-state index contributed by atoms with van der Waals surface area (Å²) in [6, 6.07) is 16.1. The number of halogens is 2. The Morgan fingerprint density at radius 2 is 1.73 bits per heavy atom. The fourth-order valence-electron chi connectivity index (χ4n) is 5.07. The van der Waals surface area contributed by atoms with E-state index in [1.807, 2.05) is 17.8 Å². The van der Waals surface area contributed by atoms with Crippen molar-refractivity contribution in [2.75, 3.05) is 5.75 Å². The number of hydrogen-bond acceptors (Lipinski definition) is 4. The van der Waals surface area contributed by atoms with Crippen molar-refractivity contribution < 1.29 is 9.90 Å². The van der Waals surface area contributed by atoms with E-state index in [-0.39, 0.29) is 11.5 Å². The van der Waals surface area contributed by atoms with Crippen LogP contribution in [0.25, 0.3) is 0 Å². The topological polar surface area (TPSA) is 52.6 Å². The van der Waals surface area contributed by atoms with Crippen molar-refractivity contribution in [3.05, 3.63) is 69.7 Å². The molecule has 3 atom stereocenters. The molecule has 0 radical (unpaired) electrons. The molecule has 2 aromatic rings. The monoisotopic (exact) mass is 506 g/mol. The Balaban J connectivity index is 1.56. The van der Waals surface area contributed by atoms with Crippen LogP contribution in [0.4, 0.5) is 0 Å². The van der Waals surface area contributed by atoms with Crippen molar-refractivity contribution in [1.82, 2.24) is 10.2 Å². The molecule has 1 aliphatic carbocycles. The van der Waals surface area contributed by atoms with Gasteiger partial charge in [0.25, 0.3) is 0 Å². The van der Waals surface area contributed by atoms with E-state index < -0.39 is 12.0 Å². The second kappa shape index (κ2) is 11.9. The molecule has 2 N–H and O–H groups in total. The minimum absolute atomic E-state index is 0.0384. The Bertz CT molecular complexity index is 922. The fraction of sp³-hybridized carbons (Fsp3) is 0.500. The molecule has 1 aliphatic heterocycles. The van der Waals surface area contributed by atoms with E-state index in [9.17, 15) is 9.90 Å². The Hall–Kier alpha value is -1.24. The number of carboxylic acids is 1. The summed E-state index contributed by atoms with van der Waals surface area (Å²) in [5.74, 6) is 0.111. The van der Waals surface area contributed by atoms with Crippen LogP contribution in [-0.2, 0) is 11.2 Å². The number of rotatable bonds is 7. The number of hydrogen-bond donors (Lipinski definition) is 2. The molecular weight excluding hydrogens is 475 g/mol. The van der Waals surface area contributed by atoms with Crippen molar-refractivity contribution in [2.24, 2.45) is 0 Å². The van der Waals surface area contributed by atoms with E-state index in [2.05, 4.69) is 40.5 Å². The first-order chi connectivity index (χ1) is 16.0. The van der Waals surface area contributed by atoms with Crippen LogP contribution >= 0.6 is 35.0 Å². The van der Waals surface area contributed by atoms with E-state index >= 15 is 0 Å². The van der Waals surface area contributed by atoms with Crippen LogP contribution in [0.1, 0.15) is 62.1 Å². The molecule has 2 fully saturated rings. The lowest BCUT2D eigenvalue weighted by Crippen LogP contribution is -2.52. The van der Waals surface area contributed by atoms with Crippen LogP contribution < -0.4 is 5.32 Å². The number of nitrogens with one attached hydrogen (secondary N) is 1. The SMILES string of the molecule is O=C(O)C(Cc1ccc(Cl)c(Cl)c1)NC1SCC(c2ccccc2)N1C1CCCCCCC1. The molecule has 2 aliphatic rings. The van der Waals surface area contributed by atoms with Crippen molar-refractivity contribution >= 4 is 40.9 Å². The number of nitrogens with zero attached hydrogens (tertiary/aromatic N) is 1. The third-order valence-corrected chi connectivity index (χ3v) is 8.73. The number of thioether (sulfide) groups is 1. The van der Waals surface area contributed by atoms with Gasteiger partial charge in [-0.25, -0.2) is 0 Å². The molecule has 4 nitrogen and oxygen atoms in total. The fourth-order valence-corrected chi connectivity index (χ4v) is 6.87. The predicted octanol–water partition coefficient (Wildman–Crippen LogP) is 6.77. The maximum absolute atomic E-state index is 12.2. The molecule has 0 amide bonds. The summed E-state index contributed by atoms with van der Waals surface area (Å²) in [6.07, 6.45) is 9.10. The second-order valence-electron chi connectivity index (χ2n) is 9.07. The van der Waals surface area contributed by atoms with E-state index in [1.165, 1.54) is 50.5 Å². The Morgan fingerprint density at radius 1 is 1.03 bits per heavy atom. The molecule has 3 unspecified atom stereocenters. The summed E-state index contributed by atoms with van der Waals surface area (Å²) in [7, 11) is 0. The molecule has 0 bridgehead atoms. The highest BCUT2D eigenvalue weighted by atomic mass is 35.5. The number of aliphatic carboxylic acids is 1. The summed E-state index contributed by atoms with van der Waals surface area (Å²) >= 11 is 14.0. The zero-order valence-electron chi connectivity index (χ0n) is 18.8. The minimum Gasteiger partial charge on any atom is -0.480 e. The normalized spacial score (nSPS) is 23.7. The van der Waals surface area contributed by atoms with Crippen molar-refractivity contribution in [3.8, 4) is 0 Å². The quantitative estimate of drug-likeness (QED) is 0.434. The first-order valence-electron chi connectivity index (χ1n) is 11.9. The smallest absolute Gasteiger partial charge is 0.321 e. The number of carbonyl (C=O) groups is 1. The van der Waals surface area contributed by atoms with Gasteiger partial charge in [-0.3, -0.25) is 15.0 Å². The van der Waals surface area contributed by atoms with Crippen LogP contribution in [0.5, 0.6) is 0 Å². The average molecular weight is 508 g/mol. The third kappa shape index (κ3) is 6.46. The first kappa shape index (κ1) is 24.9. The maximum atomic E-state index is 12.2. The molecule has 0 aromatic heterocycles. The lowest BCUT2D eigenvalue weighted by molar-refractivity contribution is -0.139. The van der Waals surface area contributed by atoms with Gasteiger partial charge in [0.15, 0.2) is 0 Å². The Morgan fingerprint density at radius 3 is 2.39 bits per heavy atom. The molecule has 33 heavy (non-hydrogen) atoms. The van der Waals surface area contributed by atoms with Gasteiger partial charge in [-0.15, -0.1) is 11.8 Å². The molecule has 4 rings (SSSR count). The lowest BCUT2D eigenvalue weighted by atomic mass is 9.94. The molecule has 7 heteroatoms. The van der Waals surface area contributed by atoms with Gasteiger partial charge in [0.2, 0.25) is 0 Å². The number of benzene rings is 2. The van der Waals surface area contributed by atoms with Crippen molar-refractivity contribution in [2.45, 2.75) is 75.0 Å². The average Bonchev–Trinajstić information content (AvgIpc) is 3.19. The predicted molar refractivity (Wildman–Crippen MR) is 138 cm³/mol. The first-order valence-corrected chi connectivity index (χ1v) is 13.7. The van der Waals surface area contributed by atoms with Gasteiger partial charge in [-0.2, -0.15) is 0 Å². The van der Waals surface area contributed by atoms with Crippen LogP contribution in [0.2, 0.25) is 10.0 Å². The summed E-state index contributed by atoms with van der Waals surface area (Å²) in [6.45, 7) is 0. The summed E-state index contributed by atoms with van der Waals surface area (Å²) in [5.41, 5.74) is 2.14. The van der Waals surface area contributed by atoms with E-state index in [0.717, 1.165) is 11.3 Å². The molecule has 178 valence electrons. The van der Waals surface area contributed by atoms with Crippen LogP contribution in [0, 0.1) is 0 Å². The minimum atomic E-state index is -0.845. The molecule has 1 saturated heterocycles. The molecule has 0 spiro atoms. The van der Waals surface area contributed by atoms with Crippen LogP contribution in [0.3, 0.4) is 0 Å². The highest BCUT2D eigenvalue weighted by Crippen LogP contribution is 2.42. The highest BCUT2D eigenvalue weighted by molar-refractivity contribution is 8.00. The number of carboxylic acid groups (broad SMARTS) is 1. The van der Waals surface area contributed by atoms with Crippen molar-refractivity contribution in [1.29, 1.82) is 0 Å². The summed E-state index contributed by atoms with van der Waals surface area (Å²) in [4.78, 5) is 14.8. The lowest BCUT2D eigenvalue weighted by Gasteiger charge is -2.39. The van der Waals surface area contributed by atoms with Crippen LogP contribution in [0.15, 0.2) is 48.5 Å². The summed E-state index contributed by atoms with van der Waals surface area (Å²) in [5, 5.41) is 14.5. The highest BCUT2D eigenvalue weighted by Gasteiger charge is 2.41. The van der Waals surface area contributed by atoms with Crippen molar-refractivity contribution in [3.63, 3.8) is 0 Å². The Kier molecular flexibility index (Phi) is 9.00. The zero-order valence-corrected chi connectivity index (χ0v) is 21.1. The molecular formula is C26H32Cl2N2O2S. The van der Waals surface area contributed by atoms with Gasteiger partial charge in [-0.05, 0) is 42.5 Å². The van der Waals surface area contributed by atoms with Gasteiger partial charge >= 0.3 is 5.97 Å². The third-order valence-electron chi connectivity index (χ3n) is 6.79. The maximum Gasteiger partial charge on any atom is 0.321 e. The summed E-state index contributed by atoms with van der Waals surface area (Å²) < 4.78 is 0. The zero-order chi connectivity index (χ0) is 23.2. The molecule has 1 saturated carbocycles. The molecule has 2 aromatic carbocycles. The largest absolute Gasteiger partial charge is 0.480 e. The van der Waals surface area contributed by atoms with Gasteiger partial charge in [0, 0.05) is 17.8 Å². The van der Waals surface area contributed by atoms with Gasteiger partial charge in [-0.1, -0.05) is 91.7 Å². The van der Waals surface area contributed by atoms with E-state index in [1.54, 1.807) is 12.1 Å². The Labute approximate surface area is 211 Å². The second-order valence-corrected chi connectivity index (χ2v) is 11.0. The van der Waals surface area contributed by atoms with E-state index in [4.69, 9.17) is 23.2 Å². The van der Waals surface area contributed by atoms with Crippen LogP contribution in [-0.4, -0.2) is 39.3 Å². The standard InChI is InChI=1S/C26H32Cl2N2O2S/c27-21-14-13-18(15-22(21)28)16-23(25(31)32)29-26-30(20-11-7-2-1-3-8-12-20)24(17-33-26)19-9-5-4-6-10-19/h4-6,9-10,13-15,20,23-24,26,29H,1-3,7-8,11-12,16-17H2,(H,31,32). The van der Waals surface area contributed by atoms with E-state index in [0.29, 0.717) is 22.5 Å². The van der Waals surface area contributed by atoms with Gasteiger partial charge < -0.3 is 5.11 Å². The van der Waals surface area contributed by atoms with Gasteiger partial charge in [0.1, 0.15) is 11.5 Å². The molecule has 1 heterocycles.